The summed E-state index contributed by atoms with van der Waals surface area (Å²) in [5, 5.41) is 14.8. The van der Waals surface area contributed by atoms with Crippen LogP contribution in [0.4, 0.5) is 21.9 Å². The van der Waals surface area contributed by atoms with Gasteiger partial charge in [0, 0.05) is 25.4 Å². The average molecular weight is 339 g/mol. The Labute approximate surface area is 148 Å². The molecule has 132 valence electrons. The molecule has 0 radical (unpaired) electrons. The third-order valence-corrected chi connectivity index (χ3v) is 4.56. The molecule has 1 atom stereocenters. The van der Waals surface area contributed by atoms with Gasteiger partial charge >= 0.3 is 6.03 Å². The number of carbonyl (C=O) groups excluding carboxylic acids is 1. The maximum absolute atomic E-state index is 12.2. The molecule has 0 saturated heterocycles. The zero-order valence-electron chi connectivity index (χ0n) is 14.5. The predicted molar refractivity (Wildman–Crippen MR) is 101 cm³/mol. The molecule has 0 spiro atoms. The van der Waals surface area contributed by atoms with Gasteiger partial charge in [0.25, 0.3) is 0 Å². The molecule has 2 aromatic carbocycles. The molecule has 25 heavy (non-hydrogen) atoms. The first-order valence-corrected chi connectivity index (χ1v) is 8.79. The third-order valence-electron chi connectivity index (χ3n) is 4.56. The van der Waals surface area contributed by atoms with Crippen molar-refractivity contribution in [1.29, 1.82) is 0 Å². The van der Waals surface area contributed by atoms with Crippen LogP contribution in [0, 0.1) is 5.92 Å². The Bertz CT molecular complexity index is 732. The summed E-state index contributed by atoms with van der Waals surface area (Å²) in [6.07, 6.45) is 1.69. The van der Waals surface area contributed by atoms with E-state index in [4.69, 9.17) is 5.11 Å². The van der Waals surface area contributed by atoms with Gasteiger partial charge in [0.05, 0.1) is 11.4 Å². The first-order valence-electron chi connectivity index (χ1n) is 8.79. The summed E-state index contributed by atoms with van der Waals surface area (Å²) in [6, 6.07) is 16.0. The largest absolute Gasteiger partial charge is 0.396 e. The monoisotopic (exact) mass is 339 g/mol. The molecule has 0 fully saturated rings. The number of nitrogens with zero attached hydrogens (tertiary/aromatic N) is 1. The van der Waals surface area contributed by atoms with Crippen LogP contribution in [0.15, 0.2) is 48.5 Å². The second-order valence-corrected chi connectivity index (χ2v) is 6.50. The van der Waals surface area contributed by atoms with E-state index < -0.39 is 0 Å². The standard InChI is InChI=1S/C20H25N3O2/c1-15(11-13-24)14-21-20(25)22-17-7-3-5-9-19(17)23-12-10-16-6-2-4-8-18(16)23/h2-9,15,24H,10-14H2,1H3,(H2,21,22,25). The molecule has 0 aromatic heterocycles. The van der Waals surface area contributed by atoms with Crippen LogP contribution in [-0.4, -0.2) is 30.8 Å². The van der Waals surface area contributed by atoms with Crippen molar-refractivity contribution in [3.05, 3.63) is 54.1 Å². The molecule has 3 rings (SSSR count). The lowest BCUT2D eigenvalue weighted by Gasteiger charge is -2.23. The number of hydrogen-bond acceptors (Lipinski definition) is 3. The van der Waals surface area contributed by atoms with Gasteiger partial charge in [-0.15, -0.1) is 0 Å². The summed E-state index contributed by atoms with van der Waals surface area (Å²) in [5.41, 5.74) is 4.34. The van der Waals surface area contributed by atoms with Crippen molar-refractivity contribution in [3.8, 4) is 0 Å². The SMILES string of the molecule is CC(CCO)CNC(=O)Nc1ccccc1N1CCc2ccccc21. The van der Waals surface area contributed by atoms with Crippen LogP contribution in [0.2, 0.25) is 0 Å². The quantitative estimate of drug-likeness (QED) is 0.754. The molecule has 5 nitrogen and oxygen atoms in total. The molecule has 1 aliphatic heterocycles. The first-order chi connectivity index (χ1) is 12.2. The van der Waals surface area contributed by atoms with E-state index >= 15 is 0 Å². The number of para-hydroxylation sites is 3. The van der Waals surface area contributed by atoms with Gasteiger partial charge in [0.2, 0.25) is 0 Å². The van der Waals surface area contributed by atoms with Crippen LogP contribution in [0.1, 0.15) is 18.9 Å². The maximum Gasteiger partial charge on any atom is 0.319 e. The minimum Gasteiger partial charge on any atom is -0.396 e. The fourth-order valence-electron chi connectivity index (χ4n) is 3.16. The summed E-state index contributed by atoms with van der Waals surface area (Å²) in [6.45, 7) is 3.60. The Morgan fingerprint density at radius 3 is 2.68 bits per heavy atom. The molecular formula is C20H25N3O2. The van der Waals surface area contributed by atoms with Crippen molar-refractivity contribution in [2.75, 3.05) is 29.9 Å². The van der Waals surface area contributed by atoms with E-state index in [1.165, 1.54) is 11.3 Å². The third kappa shape index (κ3) is 4.12. The number of aliphatic hydroxyl groups is 1. The highest BCUT2D eigenvalue weighted by Gasteiger charge is 2.22. The van der Waals surface area contributed by atoms with Crippen molar-refractivity contribution < 1.29 is 9.90 Å². The van der Waals surface area contributed by atoms with E-state index in [9.17, 15) is 4.79 Å². The second kappa shape index (κ2) is 8.03. The van der Waals surface area contributed by atoms with Gasteiger partial charge in [-0.25, -0.2) is 4.79 Å². The van der Waals surface area contributed by atoms with E-state index in [1.54, 1.807) is 0 Å². The summed E-state index contributed by atoms with van der Waals surface area (Å²) in [5.74, 6) is 0.247. The number of carbonyl (C=O) groups is 1. The van der Waals surface area contributed by atoms with Gasteiger partial charge in [0.15, 0.2) is 0 Å². The van der Waals surface area contributed by atoms with E-state index in [-0.39, 0.29) is 18.6 Å². The lowest BCUT2D eigenvalue weighted by atomic mass is 10.1. The lowest BCUT2D eigenvalue weighted by molar-refractivity contribution is 0.243. The molecule has 0 bridgehead atoms. The van der Waals surface area contributed by atoms with Crippen LogP contribution in [0.3, 0.4) is 0 Å². The normalized spacial score (nSPS) is 14.1. The van der Waals surface area contributed by atoms with Crippen LogP contribution in [-0.2, 0) is 6.42 Å². The minimum absolute atomic E-state index is 0.141. The maximum atomic E-state index is 12.2. The Morgan fingerprint density at radius 2 is 1.88 bits per heavy atom. The van der Waals surface area contributed by atoms with Gasteiger partial charge in [-0.2, -0.15) is 0 Å². The smallest absolute Gasteiger partial charge is 0.319 e. The van der Waals surface area contributed by atoms with E-state index in [0.717, 1.165) is 24.3 Å². The Morgan fingerprint density at radius 1 is 1.16 bits per heavy atom. The van der Waals surface area contributed by atoms with Gasteiger partial charge in [-0.05, 0) is 42.5 Å². The number of rotatable bonds is 6. The predicted octanol–water partition coefficient (Wildman–Crippen LogP) is 3.52. The fourth-order valence-corrected chi connectivity index (χ4v) is 3.16. The Balaban J connectivity index is 1.71. The molecule has 0 saturated carbocycles. The molecule has 2 aromatic rings. The van der Waals surface area contributed by atoms with Crippen LogP contribution >= 0.6 is 0 Å². The van der Waals surface area contributed by atoms with Gasteiger partial charge < -0.3 is 20.6 Å². The van der Waals surface area contributed by atoms with E-state index in [1.807, 2.05) is 37.3 Å². The van der Waals surface area contributed by atoms with Crippen molar-refractivity contribution in [2.45, 2.75) is 19.8 Å². The van der Waals surface area contributed by atoms with Crippen LogP contribution < -0.4 is 15.5 Å². The number of hydrogen-bond donors (Lipinski definition) is 3. The fraction of sp³-hybridized carbons (Fsp3) is 0.350. The number of amides is 2. The molecule has 1 aliphatic rings. The molecular weight excluding hydrogens is 314 g/mol. The lowest BCUT2D eigenvalue weighted by Crippen LogP contribution is -2.33. The highest BCUT2D eigenvalue weighted by molar-refractivity contribution is 5.94. The topological polar surface area (TPSA) is 64.6 Å². The van der Waals surface area contributed by atoms with Crippen molar-refractivity contribution in [2.24, 2.45) is 5.92 Å². The van der Waals surface area contributed by atoms with Gasteiger partial charge in [0.1, 0.15) is 0 Å². The van der Waals surface area contributed by atoms with E-state index in [0.29, 0.717) is 13.0 Å². The van der Waals surface area contributed by atoms with Gasteiger partial charge in [-0.1, -0.05) is 37.3 Å². The Hall–Kier alpha value is -2.53. The number of benzene rings is 2. The molecule has 2 amide bonds. The molecule has 1 heterocycles. The summed E-state index contributed by atoms with van der Waals surface area (Å²) >= 11 is 0. The number of urea groups is 1. The zero-order valence-corrected chi connectivity index (χ0v) is 14.5. The highest BCUT2D eigenvalue weighted by atomic mass is 16.3. The minimum atomic E-state index is -0.218. The molecule has 0 aliphatic carbocycles. The van der Waals surface area contributed by atoms with Gasteiger partial charge in [-0.3, -0.25) is 0 Å². The van der Waals surface area contributed by atoms with Crippen LogP contribution in [0.5, 0.6) is 0 Å². The average Bonchev–Trinajstić information content (AvgIpc) is 3.05. The van der Waals surface area contributed by atoms with Crippen molar-refractivity contribution >= 4 is 23.1 Å². The molecule has 5 heteroatoms. The summed E-state index contributed by atoms with van der Waals surface area (Å²) < 4.78 is 0. The summed E-state index contributed by atoms with van der Waals surface area (Å²) in [7, 11) is 0. The first kappa shape index (κ1) is 17.3. The number of aliphatic hydroxyl groups excluding tert-OH is 1. The van der Waals surface area contributed by atoms with Crippen molar-refractivity contribution in [1.82, 2.24) is 5.32 Å². The van der Waals surface area contributed by atoms with Crippen molar-refractivity contribution in [3.63, 3.8) is 0 Å². The molecule has 3 N–H and O–H groups in total. The Kier molecular flexibility index (Phi) is 5.56. The number of anilines is 3. The summed E-state index contributed by atoms with van der Waals surface area (Å²) in [4.78, 5) is 14.5. The van der Waals surface area contributed by atoms with Crippen LogP contribution in [0.25, 0.3) is 0 Å². The second-order valence-electron chi connectivity index (χ2n) is 6.50. The number of nitrogens with one attached hydrogen (secondary N) is 2. The molecule has 1 unspecified atom stereocenters. The van der Waals surface area contributed by atoms with E-state index in [2.05, 4.69) is 33.7 Å². The highest BCUT2D eigenvalue weighted by Crippen LogP contribution is 2.37. The number of fused-ring (bicyclic) bond motifs is 1. The zero-order chi connectivity index (χ0) is 17.6.